The molecule has 1 N–H and O–H groups in total. The van der Waals surface area contributed by atoms with Gasteiger partial charge in [0.15, 0.2) is 0 Å². The smallest absolute Gasteiger partial charge is 0.133 e. The van der Waals surface area contributed by atoms with Gasteiger partial charge in [-0.25, -0.2) is 4.98 Å². The summed E-state index contributed by atoms with van der Waals surface area (Å²) >= 11 is 2.04. The van der Waals surface area contributed by atoms with Gasteiger partial charge in [-0.1, -0.05) is 0 Å². The quantitative estimate of drug-likeness (QED) is 0.933. The Hall–Kier alpha value is -1.20. The van der Waals surface area contributed by atoms with Crippen LogP contribution in [0.15, 0.2) is 35.2 Å². The first-order valence-corrected chi connectivity index (χ1v) is 7.84. The van der Waals surface area contributed by atoms with Crippen molar-refractivity contribution >= 4 is 11.8 Å². The molecule has 0 bridgehead atoms. The number of imidazole rings is 1. The zero-order valence-corrected chi connectivity index (χ0v) is 11.9. The molecule has 2 aromatic rings. The summed E-state index contributed by atoms with van der Waals surface area (Å²) in [6, 6.07) is 4.55. The average molecular weight is 277 g/mol. The van der Waals surface area contributed by atoms with Gasteiger partial charge < -0.3 is 8.98 Å². The molecule has 0 aliphatic carbocycles. The maximum absolute atomic E-state index is 5.59. The molecular weight excluding hydrogens is 258 g/mol. The number of aryl methyl sites for hydroxylation is 1. The fraction of sp³-hybridized carbons (Fsp3) is 0.500. The van der Waals surface area contributed by atoms with Crippen molar-refractivity contribution in [2.75, 3.05) is 11.5 Å². The zero-order valence-electron chi connectivity index (χ0n) is 11.1. The number of hydrogen-bond donors (Lipinski definition) is 1. The highest BCUT2D eigenvalue weighted by Gasteiger charge is 2.25. The average Bonchev–Trinajstić information content (AvgIpc) is 3.09. The van der Waals surface area contributed by atoms with Gasteiger partial charge in [-0.3, -0.25) is 5.32 Å². The third kappa shape index (κ3) is 2.87. The summed E-state index contributed by atoms with van der Waals surface area (Å²) in [5.74, 6) is 4.42. The monoisotopic (exact) mass is 277 g/mol. The molecule has 3 rings (SSSR count). The molecule has 1 aliphatic rings. The maximum Gasteiger partial charge on any atom is 0.133 e. The highest BCUT2D eigenvalue weighted by atomic mass is 32.2. The SMILES string of the molecule is Cn1ccnc1C(NC1CCSCC1)c1ccco1. The number of thioether (sulfide) groups is 1. The third-order valence-electron chi connectivity index (χ3n) is 3.57. The van der Waals surface area contributed by atoms with Gasteiger partial charge in [0.05, 0.1) is 6.26 Å². The van der Waals surface area contributed by atoms with E-state index in [4.69, 9.17) is 4.42 Å². The van der Waals surface area contributed by atoms with E-state index in [0.29, 0.717) is 6.04 Å². The fourth-order valence-electron chi connectivity index (χ4n) is 2.49. The molecule has 102 valence electrons. The molecular formula is C14H19N3OS. The number of rotatable bonds is 4. The second kappa shape index (κ2) is 5.84. The summed E-state index contributed by atoms with van der Waals surface area (Å²) in [6.45, 7) is 0. The molecule has 1 aliphatic heterocycles. The van der Waals surface area contributed by atoms with E-state index in [1.165, 1.54) is 24.3 Å². The molecule has 1 fully saturated rings. The number of aromatic nitrogens is 2. The van der Waals surface area contributed by atoms with E-state index in [1.807, 2.05) is 43.3 Å². The molecule has 1 saturated heterocycles. The van der Waals surface area contributed by atoms with E-state index in [0.717, 1.165) is 11.6 Å². The molecule has 3 heterocycles. The second-order valence-corrected chi connectivity index (χ2v) is 6.12. The van der Waals surface area contributed by atoms with Crippen LogP contribution in [0.4, 0.5) is 0 Å². The number of nitrogens with zero attached hydrogens (tertiary/aromatic N) is 2. The van der Waals surface area contributed by atoms with E-state index >= 15 is 0 Å². The van der Waals surface area contributed by atoms with Gasteiger partial charge in [-0.05, 0) is 36.5 Å². The predicted molar refractivity (Wildman–Crippen MR) is 77.2 cm³/mol. The molecule has 1 unspecified atom stereocenters. The first kappa shape index (κ1) is 12.8. The zero-order chi connectivity index (χ0) is 13.1. The Labute approximate surface area is 117 Å². The lowest BCUT2D eigenvalue weighted by Gasteiger charge is -2.27. The summed E-state index contributed by atoms with van der Waals surface area (Å²) in [5.41, 5.74) is 0. The van der Waals surface area contributed by atoms with Crippen molar-refractivity contribution in [3.05, 3.63) is 42.4 Å². The highest BCUT2D eigenvalue weighted by molar-refractivity contribution is 7.99. The Balaban J connectivity index is 1.82. The van der Waals surface area contributed by atoms with Crippen molar-refractivity contribution in [2.24, 2.45) is 7.05 Å². The number of furan rings is 1. The van der Waals surface area contributed by atoms with Crippen LogP contribution < -0.4 is 5.32 Å². The lowest BCUT2D eigenvalue weighted by atomic mass is 10.1. The number of hydrogen-bond acceptors (Lipinski definition) is 4. The van der Waals surface area contributed by atoms with Crippen molar-refractivity contribution in [3.8, 4) is 0 Å². The van der Waals surface area contributed by atoms with Crippen LogP contribution in [0.5, 0.6) is 0 Å². The summed E-state index contributed by atoms with van der Waals surface area (Å²) in [5, 5.41) is 3.71. The van der Waals surface area contributed by atoms with Gasteiger partial charge in [-0.2, -0.15) is 11.8 Å². The molecule has 19 heavy (non-hydrogen) atoms. The van der Waals surface area contributed by atoms with Crippen LogP contribution in [0.2, 0.25) is 0 Å². The van der Waals surface area contributed by atoms with Crippen molar-refractivity contribution in [1.82, 2.24) is 14.9 Å². The van der Waals surface area contributed by atoms with Gasteiger partial charge >= 0.3 is 0 Å². The highest BCUT2D eigenvalue weighted by Crippen LogP contribution is 2.25. The Morgan fingerprint density at radius 1 is 1.47 bits per heavy atom. The first-order chi connectivity index (χ1) is 9.34. The van der Waals surface area contributed by atoms with Crippen molar-refractivity contribution in [1.29, 1.82) is 0 Å². The Morgan fingerprint density at radius 2 is 2.32 bits per heavy atom. The van der Waals surface area contributed by atoms with Gasteiger partial charge in [0.1, 0.15) is 17.6 Å². The molecule has 0 spiro atoms. The minimum absolute atomic E-state index is 0.0445. The summed E-state index contributed by atoms with van der Waals surface area (Å²) < 4.78 is 7.65. The van der Waals surface area contributed by atoms with Crippen molar-refractivity contribution < 1.29 is 4.42 Å². The number of nitrogens with one attached hydrogen (secondary N) is 1. The predicted octanol–water partition coefficient (Wildman–Crippen LogP) is 2.59. The van der Waals surface area contributed by atoms with Gasteiger partial charge in [0.25, 0.3) is 0 Å². The van der Waals surface area contributed by atoms with Crippen LogP contribution in [0.3, 0.4) is 0 Å². The molecule has 0 saturated carbocycles. The lowest BCUT2D eigenvalue weighted by molar-refractivity contribution is 0.376. The largest absolute Gasteiger partial charge is 0.467 e. The molecule has 0 amide bonds. The standard InChI is InChI=1S/C14H19N3OS/c1-17-7-6-15-14(17)13(12-3-2-8-18-12)16-11-4-9-19-10-5-11/h2-3,6-8,11,13,16H,4-5,9-10H2,1H3. The molecule has 0 aromatic carbocycles. The summed E-state index contributed by atoms with van der Waals surface area (Å²) in [7, 11) is 2.02. The normalized spacial score (nSPS) is 18.6. The minimum Gasteiger partial charge on any atom is -0.467 e. The third-order valence-corrected chi connectivity index (χ3v) is 4.62. The van der Waals surface area contributed by atoms with Crippen LogP contribution in [0, 0.1) is 0 Å². The van der Waals surface area contributed by atoms with Crippen LogP contribution in [-0.4, -0.2) is 27.1 Å². The van der Waals surface area contributed by atoms with Gasteiger partial charge in [-0.15, -0.1) is 0 Å². The van der Waals surface area contributed by atoms with Crippen LogP contribution in [0.1, 0.15) is 30.5 Å². The Kier molecular flexibility index (Phi) is 3.94. The van der Waals surface area contributed by atoms with E-state index in [2.05, 4.69) is 14.9 Å². The molecule has 0 radical (unpaired) electrons. The van der Waals surface area contributed by atoms with Crippen molar-refractivity contribution in [2.45, 2.75) is 24.9 Å². The summed E-state index contributed by atoms with van der Waals surface area (Å²) in [4.78, 5) is 4.47. The van der Waals surface area contributed by atoms with Crippen LogP contribution in [-0.2, 0) is 7.05 Å². The minimum atomic E-state index is 0.0445. The molecule has 5 heteroatoms. The van der Waals surface area contributed by atoms with E-state index in [9.17, 15) is 0 Å². The maximum atomic E-state index is 5.59. The Morgan fingerprint density at radius 3 is 2.95 bits per heavy atom. The topological polar surface area (TPSA) is 43.0 Å². The van der Waals surface area contributed by atoms with E-state index in [1.54, 1.807) is 6.26 Å². The van der Waals surface area contributed by atoms with E-state index < -0.39 is 0 Å². The molecule has 4 nitrogen and oxygen atoms in total. The van der Waals surface area contributed by atoms with Crippen LogP contribution in [0.25, 0.3) is 0 Å². The van der Waals surface area contributed by atoms with Crippen molar-refractivity contribution in [3.63, 3.8) is 0 Å². The van der Waals surface area contributed by atoms with Crippen LogP contribution >= 0.6 is 11.8 Å². The molecule has 2 aromatic heterocycles. The molecule has 1 atom stereocenters. The lowest BCUT2D eigenvalue weighted by Crippen LogP contribution is -2.37. The summed E-state index contributed by atoms with van der Waals surface area (Å²) in [6.07, 6.45) is 7.97. The van der Waals surface area contributed by atoms with E-state index in [-0.39, 0.29) is 6.04 Å². The Bertz CT molecular complexity index is 503. The second-order valence-electron chi connectivity index (χ2n) is 4.90. The first-order valence-electron chi connectivity index (χ1n) is 6.69. The fourth-order valence-corrected chi connectivity index (χ4v) is 3.60. The van der Waals surface area contributed by atoms with Gasteiger partial charge in [0, 0.05) is 25.5 Å². The van der Waals surface area contributed by atoms with Gasteiger partial charge in [0.2, 0.25) is 0 Å².